The van der Waals surface area contributed by atoms with Crippen LogP contribution in [0.4, 0.5) is 0 Å². The molecule has 0 aromatic heterocycles. The lowest BCUT2D eigenvalue weighted by atomic mass is 9.58. The quantitative estimate of drug-likeness (QED) is 0.572. The Kier molecular flexibility index (Phi) is 5.26. The second-order valence-electron chi connectivity index (χ2n) is 9.70. The van der Waals surface area contributed by atoms with E-state index >= 15 is 0 Å². The van der Waals surface area contributed by atoms with Crippen LogP contribution in [-0.2, 0) is 30.6 Å². The Bertz CT molecular complexity index is 773. The maximum absolute atomic E-state index is 9.26. The monoisotopic (exact) mass is 418 g/mol. The van der Waals surface area contributed by atoms with Gasteiger partial charge in [-0.3, -0.25) is 0 Å². The molecule has 8 atom stereocenters. The lowest BCUT2D eigenvalue weighted by Gasteiger charge is -2.60. The van der Waals surface area contributed by atoms with Crippen LogP contribution in [0.25, 0.3) is 0 Å². The van der Waals surface area contributed by atoms with Crippen LogP contribution in [0.3, 0.4) is 0 Å². The molecule has 5 aliphatic rings. The Hall–Kier alpha value is -0.995. The average molecular weight is 418 g/mol. The van der Waals surface area contributed by atoms with Crippen LogP contribution in [0.1, 0.15) is 52.0 Å². The van der Waals surface area contributed by atoms with E-state index in [4.69, 9.17) is 24.0 Å². The van der Waals surface area contributed by atoms with Gasteiger partial charge in [0.25, 0.3) is 0 Å². The predicted octanol–water partition coefficient (Wildman–Crippen LogP) is 2.09. The third-order valence-corrected chi connectivity index (χ3v) is 7.79. The summed E-state index contributed by atoms with van der Waals surface area (Å²) in [6.45, 7) is 6.76. The fraction of sp³-hybridized carbons (Fsp3) is 0.727. The van der Waals surface area contributed by atoms with Crippen molar-refractivity contribution in [3.63, 3.8) is 0 Å². The molecule has 0 amide bonds. The van der Waals surface area contributed by atoms with Gasteiger partial charge in [0, 0.05) is 18.3 Å². The molecule has 1 spiro atoms. The Morgan fingerprint density at radius 1 is 1.07 bits per heavy atom. The molecule has 1 aromatic rings. The van der Waals surface area contributed by atoms with E-state index in [9.17, 15) is 10.0 Å². The van der Waals surface area contributed by atoms with E-state index in [-0.39, 0.29) is 11.8 Å². The lowest BCUT2D eigenvalue weighted by Crippen LogP contribution is -2.70. The van der Waals surface area contributed by atoms with Crippen molar-refractivity contribution >= 4 is 12.6 Å². The van der Waals surface area contributed by atoms with Gasteiger partial charge in [-0.2, -0.15) is 0 Å². The third kappa shape index (κ3) is 3.25. The van der Waals surface area contributed by atoms with Gasteiger partial charge in [-0.15, -0.1) is 0 Å². The Balaban J connectivity index is 1.36. The first kappa shape index (κ1) is 20.9. The van der Waals surface area contributed by atoms with Crippen molar-refractivity contribution in [1.29, 1.82) is 0 Å². The minimum atomic E-state index is -1.47. The van der Waals surface area contributed by atoms with E-state index in [0.717, 1.165) is 31.2 Å². The molecule has 4 heterocycles. The molecular formula is C22H31BO7. The summed E-state index contributed by atoms with van der Waals surface area (Å²) in [6.07, 6.45) is 3.07. The van der Waals surface area contributed by atoms with Crippen molar-refractivity contribution in [3.05, 3.63) is 29.8 Å². The van der Waals surface area contributed by atoms with Crippen LogP contribution in [0, 0.1) is 23.7 Å². The van der Waals surface area contributed by atoms with Crippen molar-refractivity contribution < 1.29 is 34.0 Å². The predicted molar refractivity (Wildman–Crippen MR) is 108 cm³/mol. The molecule has 8 heteroatoms. The molecule has 5 fully saturated rings. The van der Waals surface area contributed by atoms with E-state index in [1.54, 1.807) is 12.1 Å². The van der Waals surface area contributed by atoms with E-state index in [1.165, 1.54) is 0 Å². The zero-order chi connectivity index (χ0) is 21.1. The molecule has 0 unspecified atom stereocenters. The number of rotatable bonds is 4. The highest BCUT2D eigenvalue weighted by Crippen LogP contribution is 2.60. The molecule has 4 saturated heterocycles. The van der Waals surface area contributed by atoms with Gasteiger partial charge in [-0.25, -0.2) is 9.78 Å². The zero-order valence-corrected chi connectivity index (χ0v) is 17.8. The molecule has 6 rings (SSSR count). The largest absolute Gasteiger partial charge is 0.488 e. The number of benzene rings is 1. The molecule has 0 radical (unpaired) electrons. The van der Waals surface area contributed by atoms with E-state index in [0.29, 0.717) is 23.9 Å². The van der Waals surface area contributed by atoms with Crippen LogP contribution in [-0.4, -0.2) is 41.1 Å². The summed E-state index contributed by atoms with van der Waals surface area (Å²) < 4.78 is 19.0. The molecule has 1 saturated carbocycles. The highest BCUT2D eigenvalue weighted by Gasteiger charge is 2.69. The average Bonchev–Trinajstić information content (AvgIpc) is 2.96. The summed E-state index contributed by atoms with van der Waals surface area (Å²) in [7, 11) is -1.47. The van der Waals surface area contributed by atoms with Crippen molar-refractivity contribution in [2.24, 2.45) is 23.7 Å². The van der Waals surface area contributed by atoms with E-state index < -0.39 is 31.1 Å². The summed E-state index contributed by atoms with van der Waals surface area (Å²) in [5.74, 6) is 0.446. The fourth-order valence-corrected chi connectivity index (χ4v) is 6.03. The van der Waals surface area contributed by atoms with Crippen molar-refractivity contribution in [3.8, 4) is 0 Å². The van der Waals surface area contributed by atoms with Gasteiger partial charge < -0.3 is 24.3 Å². The highest BCUT2D eigenvalue weighted by molar-refractivity contribution is 6.58. The molecule has 30 heavy (non-hydrogen) atoms. The minimum absolute atomic E-state index is 0.129. The van der Waals surface area contributed by atoms with E-state index in [1.807, 2.05) is 19.1 Å². The van der Waals surface area contributed by atoms with Gasteiger partial charge in [-0.1, -0.05) is 38.1 Å². The van der Waals surface area contributed by atoms with Gasteiger partial charge in [0.05, 0.1) is 6.61 Å². The van der Waals surface area contributed by atoms with Crippen LogP contribution < -0.4 is 5.46 Å². The molecule has 1 aromatic carbocycles. The standard InChI is InChI=1S/C22H31BO7/c1-13-4-9-18-14(2)19(26-12-15-5-7-16(8-6-15)23(24)25)27-20-22(18)17(13)10-11-21(3,28-20)29-30-22/h5-8,13-14,17-20,24-25H,4,9-12H2,1-3H3/t13-,14-,17+,18+,19-,20-,21-,22-/m1/s1. The molecule has 2 N–H and O–H groups in total. The molecule has 164 valence electrons. The summed E-state index contributed by atoms with van der Waals surface area (Å²) in [6, 6.07) is 7.06. The van der Waals surface area contributed by atoms with Gasteiger partial charge in [0.1, 0.15) is 0 Å². The maximum atomic E-state index is 9.26. The molecule has 7 nitrogen and oxygen atoms in total. The van der Waals surface area contributed by atoms with E-state index in [2.05, 4.69) is 13.8 Å². The van der Waals surface area contributed by atoms with Gasteiger partial charge >= 0.3 is 7.12 Å². The second-order valence-corrected chi connectivity index (χ2v) is 9.70. The van der Waals surface area contributed by atoms with Crippen molar-refractivity contribution in [2.45, 2.75) is 77.0 Å². The first-order valence-corrected chi connectivity index (χ1v) is 11.1. The first-order chi connectivity index (χ1) is 14.3. The molecule has 2 bridgehead atoms. The summed E-state index contributed by atoms with van der Waals surface area (Å²) in [4.78, 5) is 12.0. The Morgan fingerprint density at radius 3 is 2.57 bits per heavy atom. The van der Waals surface area contributed by atoms with Gasteiger partial charge in [0.15, 0.2) is 18.2 Å². The first-order valence-electron chi connectivity index (χ1n) is 11.1. The van der Waals surface area contributed by atoms with Crippen molar-refractivity contribution in [1.82, 2.24) is 0 Å². The number of hydrogen-bond acceptors (Lipinski definition) is 7. The maximum Gasteiger partial charge on any atom is 0.488 e. The van der Waals surface area contributed by atoms with Gasteiger partial charge in [0.2, 0.25) is 5.79 Å². The van der Waals surface area contributed by atoms with Crippen molar-refractivity contribution in [2.75, 3.05) is 0 Å². The smallest absolute Gasteiger partial charge is 0.423 e. The minimum Gasteiger partial charge on any atom is -0.423 e. The summed E-state index contributed by atoms with van der Waals surface area (Å²) in [5, 5.41) is 18.5. The summed E-state index contributed by atoms with van der Waals surface area (Å²) in [5.41, 5.74) is 0.824. The fourth-order valence-electron chi connectivity index (χ4n) is 6.03. The summed E-state index contributed by atoms with van der Waals surface area (Å²) >= 11 is 0. The van der Waals surface area contributed by atoms with Crippen LogP contribution >= 0.6 is 0 Å². The number of hydrogen-bond donors (Lipinski definition) is 2. The molecule has 1 aliphatic carbocycles. The molecule has 4 aliphatic heterocycles. The zero-order valence-electron chi connectivity index (χ0n) is 17.8. The lowest BCUT2D eigenvalue weighted by molar-refractivity contribution is -0.577. The molecular weight excluding hydrogens is 387 g/mol. The van der Waals surface area contributed by atoms with Gasteiger partial charge in [-0.05, 0) is 49.0 Å². The Morgan fingerprint density at radius 2 is 1.83 bits per heavy atom. The van der Waals surface area contributed by atoms with Crippen LogP contribution in [0.15, 0.2) is 24.3 Å². The Labute approximate surface area is 177 Å². The number of ether oxygens (including phenoxy) is 3. The normalized spacial score (nSPS) is 45.0. The van der Waals surface area contributed by atoms with Crippen LogP contribution in [0.5, 0.6) is 0 Å². The number of fused-ring (bicyclic) bond motifs is 2. The second kappa shape index (κ2) is 7.55. The topological polar surface area (TPSA) is 86.6 Å². The highest BCUT2D eigenvalue weighted by atomic mass is 17.3. The van der Waals surface area contributed by atoms with Crippen LogP contribution in [0.2, 0.25) is 0 Å². The third-order valence-electron chi connectivity index (χ3n) is 7.79. The SMILES string of the molecule is C[C@H]1[C@H](OCc2ccc(B(O)O)cc2)O[C@@H]2O[C@@]3(C)CC[C@H]4[C@H](C)CC[C@@H]1[C@@]24OO3.